The van der Waals surface area contributed by atoms with Gasteiger partial charge >= 0.3 is 24.6 Å². The Morgan fingerprint density at radius 2 is 0.769 bits per heavy atom. The van der Waals surface area contributed by atoms with Crippen molar-refractivity contribution in [3.8, 4) is 11.5 Å². The quantitative estimate of drug-likeness (QED) is 0.583. The van der Waals surface area contributed by atoms with Gasteiger partial charge in [-0.2, -0.15) is 43.9 Å². The molecule has 150 valence electrons. The summed E-state index contributed by atoms with van der Waals surface area (Å²) in [6.07, 6.45) is -32.1. The molecule has 26 heavy (non-hydrogen) atoms. The maximum Gasteiger partial charge on any atom is 0.439 e. The number of hydrogen-bond acceptors (Lipinski definition) is 2. The molecule has 2 unspecified atom stereocenters. The van der Waals surface area contributed by atoms with E-state index in [-0.39, 0.29) is 24.3 Å². The van der Waals surface area contributed by atoms with Gasteiger partial charge in [0, 0.05) is 0 Å². The van der Waals surface area contributed by atoms with Crippen LogP contribution < -0.4 is 9.47 Å². The third-order valence-corrected chi connectivity index (χ3v) is 2.50. The van der Waals surface area contributed by atoms with Crippen molar-refractivity contribution < 1.29 is 62.2 Å². The summed E-state index contributed by atoms with van der Waals surface area (Å²) in [4.78, 5) is 0. The number of ether oxygens (including phenoxy) is 2. The van der Waals surface area contributed by atoms with Crippen LogP contribution in [0.5, 0.6) is 11.5 Å². The highest BCUT2D eigenvalue weighted by molar-refractivity contribution is 5.31. The first-order valence-electron chi connectivity index (χ1n) is 6.12. The number of halogens is 12. The lowest BCUT2D eigenvalue weighted by Crippen LogP contribution is -2.46. The summed E-state index contributed by atoms with van der Waals surface area (Å²) in [7, 11) is 0. The summed E-state index contributed by atoms with van der Waals surface area (Å²) in [5.74, 6) is -2.32. The molecule has 0 spiro atoms. The summed E-state index contributed by atoms with van der Waals surface area (Å²) in [6, 6.07) is 1.07. The Morgan fingerprint density at radius 3 is 0.962 bits per heavy atom. The Labute approximate surface area is 136 Å². The lowest BCUT2D eigenvalue weighted by atomic mass is 10.3. The fraction of sp³-hybridized carbons (Fsp3) is 0.500. The van der Waals surface area contributed by atoms with Crippen LogP contribution in [0.4, 0.5) is 52.7 Å². The van der Waals surface area contributed by atoms with Crippen LogP contribution in [0.2, 0.25) is 0 Å². The van der Waals surface area contributed by atoms with Crippen LogP contribution in [0.1, 0.15) is 0 Å². The minimum absolute atomic E-state index is 0.267. The zero-order chi connectivity index (χ0) is 20.6. The summed E-state index contributed by atoms with van der Waals surface area (Å²) in [5, 5.41) is 0. The standard InChI is InChI=1S/C12H6F12O2/c13-7(9(15,16)17)11(21,22)25-5-1-2-6(4-3-5)26-12(23,24)8(14)10(18,19)20/h1-4,7-8H. The topological polar surface area (TPSA) is 18.5 Å². The highest BCUT2D eigenvalue weighted by Crippen LogP contribution is 2.38. The summed E-state index contributed by atoms with van der Waals surface area (Å²) in [5.41, 5.74) is 0. The van der Waals surface area contributed by atoms with E-state index in [2.05, 4.69) is 9.47 Å². The molecular weight excluding hydrogens is 404 g/mol. The van der Waals surface area contributed by atoms with Gasteiger partial charge in [-0.15, -0.1) is 0 Å². The molecule has 1 aromatic carbocycles. The second-order valence-electron chi connectivity index (χ2n) is 4.61. The average molecular weight is 410 g/mol. The molecule has 0 fully saturated rings. The normalized spacial score (nSPS) is 16.2. The molecule has 0 bridgehead atoms. The van der Waals surface area contributed by atoms with E-state index in [0.717, 1.165) is 0 Å². The van der Waals surface area contributed by atoms with Crippen molar-refractivity contribution in [3.05, 3.63) is 24.3 Å². The SMILES string of the molecule is FC(C(F)(F)F)C(F)(F)Oc1ccc(OC(F)(F)C(F)C(F)(F)F)cc1. The lowest BCUT2D eigenvalue weighted by Gasteiger charge is -2.24. The smallest absolute Gasteiger partial charge is 0.430 e. The van der Waals surface area contributed by atoms with Crippen molar-refractivity contribution in [2.75, 3.05) is 0 Å². The summed E-state index contributed by atoms with van der Waals surface area (Å²) in [6.45, 7) is 0. The van der Waals surface area contributed by atoms with E-state index in [9.17, 15) is 52.7 Å². The van der Waals surface area contributed by atoms with Crippen molar-refractivity contribution in [3.63, 3.8) is 0 Å². The maximum atomic E-state index is 13.0. The molecule has 1 aromatic rings. The minimum atomic E-state index is -5.97. The molecule has 0 heterocycles. The molecule has 0 aliphatic heterocycles. The van der Waals surface area contributed by atoms with E-state index in [0.29, 0.717) is 0 Å². The van der Waals surface area contributed by atoms with Crippen molar-refractivity contribution in [1.29, 1.82) is 0 Å². The molecule has 0 aliphatic carbocycles. The van der Waals surface area contributed by atoms with Crippen LogP contribution in [0.15, 0.2) is 24.3 Å². The molecule has 0 aliphatic rings. The first-order chi connectivity index (χ1) is 11.5. The largest absolute Gasteiger partial charge is 0.439 e. The van der Waals surface area contributed by atoms with Gasteiger partial charge in [0.1, 0.15) is 11.5 Å². The zero-order valence-electron chi connectivity index (χ0n) is 11.8. The highest BCUT2D eigenvalue weighted by atomic mass is 19.4. The molecule has 0 N–H and O–H groups in total. The van der Waals surface area contributed by atoms with Gasteiger partial charge < -0.3 is 9.47 Å². The van der Waals surface area contributed by atoms with Crippen molar-refractivity contribution >= 4 is 0 Å². The van der Waals surface area contributed by atoms with Gasteiger partial charge in [-0.1, -0.05) is 0 Å². The molecule has 2 nitrogen and oxygen atoms in total. The van der Waals surface area contributed by atoms with Crippen molar-refractivity contribution in [2.45, 2.75) is 36.9 Å². The van der Waals surface area contributed by atoms with Crippen LogP contribution in [-0.2, 0) is 0 Å². The van der Waals surface area contributed by atoms with E-state index in [1.165, 1.54) is 0 Å². The first kappa shape index (κ1) is 22.0. The number of alkyl halides is 12. The molecule has 2 atom stereocenters. The third kappa shape index (κ3) is 5.49. The van der Waals surface area contributed by atoms with Gasteiger partial charge in [0.15, 0.2) is 0 Å². The second kappa shape index (κ2) is 6.95. The number of hydrogen-bond donors (Lipinski definition) is 0. The van der Waals surface area contributed by atoms with Gasteiger partial charge in [0.2, 0.25) is 0 Å². The molecule has 14 heteroatoms. The molecular formula is C12H6F12O2. The monoisotopic (exact) mass is 410 g/mol. The van der Waals surface area contributed by atoms with Crippen LogP contribution in [0.3, 0.4) is 0 Å². The maximum absolute atomic E-state index is 13.0. The van der Waals surface area contributed by atoms with E-state index in [1.54, 1.807) is 0 Å². The third-order valence-electron chi connectivity index (χ3n) is 2.50. The van der Waals surface area contributed by atoms with Crippen molar-refractivity contribution in [1.82, 2.24) is 0 Å². The Bertz CT molecular complexity index is 539. The van der Waals surface area contributed by atoms with Crippen LogP contribution in [0, 0.1) is 0 Å². The van der Waals surface area contributed by atoms with Gasteiger partial charge in [0.05, 0.1) is 0 Å². The average Bonchev–Trinajstić information content (AvgIpc) is 2.45. The lowest BCUT2D eigenvalue weighted by molar-refractivity contribution is -0.306. The fourth-order valence-electron chi connectivity index (χ4n) is 1.37. The van der Waals surface area contributed by atoms with Crippen LogP contribution >= 0.6 is 0 Å². The van der Waals surface area contributed by atoms with Crippen molar-refractivity contribution in [2.24, 2.45) is 0 Å². The van der Waals surface area contributed by atoms with Gasteiger partial charge in [-0.05, 0) is 24.3 Å². The first-order valence-corrected chi connectivity index (χ1v) is 6.12. The van der Waals surface area contributed by atoms with Gasteiger partial charge in [0.25, 0.3) is 12.3 Å². The molecule has 0 aromatic heterocycles. The molecule has 0 radical (unpaired) electrons. The Hall–Kier alpha value is -2.02. The summed E-state index contributed by atoms with van der Waals surface area (Å²) >= 11 is 0. The van der Waals surface area contributed by atoms with E-state index < -0.39 is 48.4 Å². The highest BCUT2D eigenvalue weighted by Gasteiger charge is 2.60. The fourth-order valence-corrected chi connectivity index (χ4v) is 1.37. The van der Waals surface area contributed by atoms with E-state index in [4.69, 9.17) is 0 Å². The molecule has 0 saturated carbocycles. The number of benzene rings is 1. The van der Waals surface area contributed by atoms with Gasteiger partial charge in [-0.25, -0.2) is 8.78 Å². The van der Waals surface area contributed by atoms with Crippen LogP contribution in [0.25, 0.3) is 0 Å². The molecule has 0 saturated heterocycles. The number of rotatable bonds is 6. The second-order valence-corrected chi connectivity index (χ2v) is 4.61. The van der Waals surface area contributed by atoms with E-state index >= 15 is 0 Å². The molecule has 0 amide bonds. The Balaban J connectivity index is 2.87. The predicted molar refractivity (Wildman–Crippen MR) is 59.5 cm³/mol. The summed E-state index contributed by atoms with van der Waals surface area (Å²) < 4.78 is 155. The zero-order valence-corrected chi connectivity index (χ0v) is 11.8. The van der Waals surface area contributed by atoms with Crippen LogP contribution in [-0.4, -0.2) is 36.9 Å². The minimum Gasteiger partial charge on any atom is -0.430 e. The Morgan fingerprint density at radius 1 is 0.538 bits per heavy atom. The molecule has 1 rings (SSSR count). The van der Waals surface area contributed by atoms with Gasteiger partial charge in [-0.3, -0.25) is 0 Å². The van der Waals surface area contributed by atoms with E-state index in [1.807, 2.05) is 0 Å². The predicted octanol–water partition coefficient (Wildman–Crippen LogP) is 5.43. The Kier molecular flexibility index (Phi) is 5.88.